The summed E-state index contributed by atoms with van der Waals surface area (Å²) in [7, 11) is 0. The first-order chi connectivity index (χ1) is 16.8. The van der Waals surface area contributed by atoms with Crippen LogP contribution in [0.15, 0.2) is 117 Å². The van der Waals surface area contributed by atoms with Crippen LogP contribution in [-0.4, -0.2) is 17.4 Å². The van der Waals surface area contributed by atoms with Gasteiger partial charge in [0.1, 0.15) is 15.8 Å². The van der Waals surface area contributed by atoms with Gasteiger partial charge in [-0.05, 0) is 60.7 Å². The van der Waals surface area contributed by atoms with Crippen LogP contribution in [0.5, 0.6) is 5.75 Å². The second-order valence-electron chi connectivity index (χ2n) is 6.98. The molecule has 0 aliphatic heterocycles. The first kappa shape index (κ1) is 24.5. The van der Waals surface area contributed by atoms with Gasteiger partial charge in [0.2, 0.25) is 0 Å². The summed E-state index contributed by atoms with van der Waals surface area (Å²) >= 11 is 2.91. The lowest BCUT2D eigenvalue weighted by molar-refractivity contribution is -0.274. The van der Waals surface area contributed by atoms with Gasteiger partial charge in [0.05, 0.1) is 5.69 Å². The number of halogens is 3. The molecule has 4 aromatic rings. The van der Waals surface area contributed by atoms with Crippen LogP contribution in [0, 0.1) is 0 Å². The highest BCUT2D eigenvalue weighted by molar-refractivity contribution is 8.00. The van der Waals surface area contributed by atoms with Gasteiger partial charge in [0, 0.05) is 15.5 Å². The van der Waals surface area contributed by atoms with E-state index in [0.29, 0.717) is 16.4 Å². The third-order valence-corrected chi connectivity index (χ3v) is 6.31. The zero-order valence-corrected chi connectivity index (χ0v) is 19.6. The van der Waals surface area contributed by atoms with Crippen molar-refractivity contribution in [3.8, 4) is 5.75 Å². The lowest BCUT2D eigenvalue weighted by Crippen LogP contribution is -2.20. The summed E-state index contributed by atoms with van der Waals surface area (Å²) in [6.07, 6.45) is -4.78. The number of ether oxygens (including phenoxy) is 1. The quantitative estimate of drug-likeness (QED) is 0.263. The number of benzene rings is 3. The topological polar surface area (TPSA) is 63.2 Å². The van der Waals surface area contributed by atoms with Crippen LogP contribution < -0.4 is 15.4 Å². The summed E-state index contributed by atoms with van der Waals surface area (Å²) in [6.45, 7) is 0. The summed E-state index contributed by atoms with van der Waals surface area (Å²) in [6, 6.07) is 27.3. The van der Waals surface area contributed by atoms with Crippen LogP contribution in [-0.2, 0) is 0 Å². The Morgan fingerprint density at radius 2 is 1.34 bits per heavy atom. The molecular formula is C25H18F3N3O2S2. The number of urea groups is 1. The number of pyridine rings is 1. The Bertz CT molecular complexity index is 1270. The van der Waals surface area contributed by atoms with E-state index in [9.17, 15) is 18.0 Å². The second-order valence-corrected chi connectivity index (χ2v) is 9.14. The molecule has 0 bridgehead atoms. The summed E-state index contributed by atoms with van der Waals surface area (Å²) < 4.78 is 40.8. The van der Waals surface area contributed by atoms with E-state index in [1.54, 1.807) is 6.07 Å². The summed E-state index contributed by atoms with van der Waals surface area (Å²) in [5.41, 5.74) is 0.796. The molecule has 35 heavy (non-hydrogen) atoms. The Morgan fingerprint density at radius 3 is 1.94 bits per heavy atom. The van der Waals surface area contributed by atoms with E-state index in [2.05, 4.69) is 15.4 Å². The molecule has 0 saturated carbocycles. The molecule has 2 amide bonds. The van der Waals surface area contributed by atoms with Gasteiger partial charge in [-0.15, -0.1) is 13.2 Å². The number of anilines is 2. The van der Waals surface area contributed by atoms with Gasteiger partial charge in [-0.25, -0.2) is 9.78 Å². The molecule has 10 heteroatoms. The molecule has 0 radical (unpaired) electrons. The average molecular weight is 514 g/mol. The third-order valence-electron chi connectivity index (χ3n) is 4.35. The number of amides is 2. The molecule has 1 heterocycles. The van der Waals surface area contributed by atoms with E-state index in [1.807, 2.05) is 66.7 Å². The predicted molar refractivity (Wildman–Crippen MR) is 131 cm³/mol. The largest absolute Gasteiger partial charge is 0.573 e. The van der Waals surface area contributed by atoms with Crippen molar-refractivity contribution in [3.05, 3.63) is 97.1 Å². The van der Waals surface area contributed by atoms with Crippen molar-refractivity contribution >= 4 is 40.9 Å². The minimum atomic E-state index is -4.78. The molecule has 0 saturated heterocycles. The highest BCUT2D eigenvalue weighted by atomic mass is 32.2. The normalized spacial score (nSPS) is 11.1. The maximum Gasteiger partial charge on any atom is 0.573 e. The van der Waals surface area contributed by atoms with Crippen LogP contribution in [0.25, 0.3) is 0 Å². The lowest BCUT2D eigenvalue weighted by Gasteiger charge is -2.13. The zero-order valence-electron chi connectivity index (χ0n) is 18.0. The predicted octanol–water partition coefficient (Wildman–Crippen LogP) is 7.93. The van der Waals surface area contributed by atoms with Crippen molar-refractivity contribution in [1.29, 1.82) is 0 Å². The van der Waals surface area contributed by atoms with E-state index < -0.39 is 12.4 Å². The molecular weight excluding hydrogens is 495 g/mol. The minimum Gasteiger partial charge on any atom is -0.406 e. The first-order valence-corrected chi connectivity index (χ1v) is 11.9. The molecule has 178 valence electrons. The number of nitrogens with zero attached hydrogens (tertiary/aromatic N) is 1. The van der Waals surface area contributed by atoms with Crippen molar-refractivity contribution in [3.63, 3.8) is 0 Å². The average Bonchev–Trinajstić information content (AvgIpc) is 2.82. The van der Waals surface area contributed by atoms with Crippen LogP contribution in [0.1, 0.15) is 0 Å². The van der Waals surface area contributed by atoms with Crippen LogP contribution in [0.2, 0.25) is 0 Å². The van der Waals surface area contributed by atoms with Gasteiger partial charge in [-0.2, -0.15) is 0 Å². The van der Waals surface area contributed by atoms with Crippen molar-refractivity contribution in [2.45, 2.75) is 26.2 Å². The van der Waals surface area contributed by atoms with E-state index in [-0.39, 0.29) is 5.75 Å². The molecule has 0 fully saturated rings. The Morgan fingerprint density at radius 1 is 0.743 bits per heavy atom. The van der Waals surface area contributed by atoms with Crippen molar-refractivity contribution in [2.24, 2.45) is 0 Å². The molecule has 1 aromatic heterocycles. The number of carbonyl (C=O) groups is 1. The lowest BCUT2D eigenvalue weighted by atomic mass is 10.3. The Kier molecular flexibility index (Phi) is 7.84. The monoisotopic (exact) mass is 513 g/mol. The third kappa shape index (κ3) is 7.69. The number of nitrogens with one attached hydrogen (secondary N) is 2. The van der Waals surface area contributed by atoms with Gasteiger partial charge in [0.15, 0.2) is 0 Å². The minimum absolute atomic E-state index is 0.304. The maximum absolute atomic E-state index is 12.6. The van der Waals surface area contributed by atoms with E-state index in [1.165, 1.54) is 35.7 Å². The molecule has 0 unspecified atom stereocenters. The van der Waals surface area contributed by atoms with E-state index in [4.69, 9.17) is 4.98 Å². The number of alkyl halides is 3. The Hall–Kier alpha value is -3.63. The fraction of sp³-hybridized carbons (Fsp3) is 0.0400. The molecule has 0 atom stereocenters. The highest BCUT2D eigenvalue weighted by Crippen LogP contribution is 2.35. The summed E-state index contributed by atoms with van der Waals surface area (Å²) in [5.74, 6) is -0.374. The molecule has 3 aromatic carbocycles. The Balaban J connectivity index is 1.49. The number of rotatable bonds is 7. The molecule has 0 aliphatic rings. The van der Waals surface area contributed by atoms with Crippen molar-refractivity contribution in [1.82, 2.24) is 4.98 Å². The highest BCUT2D eigenvalue weighted by Gasteiger charge is 2.31. The van der Waals surface area contributed by atoms with Crippen molar-refractivity contribution < 1.29 is 22.7 Å². The molecule has 0 aliphatic carbocycles. The van der Waals surface area contributed by atoms with Gasteiger partial charge in [-0.1, -0.05) is 59.9 Å². The summed E-state index contributed by atoms with van der Waals surface area (Å²) in [5, 5.41) is 6.73. The second kappa shape index (κ2) is 11.2. The van der Waals surface area contributed by atoms with Gasteiger partial charge in [0.25, 0.3) is 0 Å². The zero-order chi connectivity index (χ0) is 24.7. The number of aromatic nitrogens is 1. The van der Waals surface area contributed by atoms with Gasteiger partial charge < -0.3 is 15.4 Å². The van der Waals surface area contributed by atoms with Gasteiger partial charge >= 0.3 is 12.4 Å². The van der Waals surface area contributed by atoms with Crippen LogP contribution in [0.4, 0.5) is 29.3 Å². The van der Waals surface area contributed by atoms with Crippen molar-refractivity contribution in [2.75, 3.05) is 10.6 Å². The first-order valence-electron chi connectivity index (χ1n) is 10.2. The Labute approximate surface area is 208 Å². The molecule has 4 rings (SSSR count). The standard InChI is InChI=1S/C25H18F3N3O2S2/c26-25(27,28)33-18-13-11-17(12-14-18)29-24(32)30-21-15-16-22(34-19-7-3-1-4-8-19)31-23(21)35-20-9-5-2-6-10-20/h1-16H,(H2,29,30,32). The smallest absolute Gasteiger partial charge is 0.406 e. The van der Waals surface area contributed by atoms with Gasteiger partial charge in [-0.3, -0.25) is 0 Å². The fourth-order valence-corrected chi connectivity index (χ4v) is 4.64. The molecule has 5 nitrogen and oxygen atoms in total. The molecule has 2 N–H and O–H groups in total. The van der Waals surface area contributed by atoms with E-state index in [0.717, 1.165) is 26.9 Å². The fourth-order valence-electron chi connectivity index (χ4n) is 2.89. The van der Waals surface area contributed by atoms with Crippen LogP contribution in [0.3, 0.4) is 0 Å². The maximum atomic E-state index is 12.6. The molecule has 0 spiro atoms. The number of hydrogen-bond acceptors (Lipinski definition) is 5. The van der Waals surface area contributed by atoms with Crippen LogP contribution >= 0.6 is 23.5 Å². The SMILES string of the molecule is O=C(Nc1ccc(OC(F)(F)F)cc1)Nc1ccc(Sc2ccccc2)nc1Sc1ccccc1. The number of hydrogen-bond donors (Lipinski definition) is 2. The van der Waals surface area contributed by atoms with E-state index >= 15 is 0 Å². The summed E-state index contributed by atoms with van der Waals surface area (Å²) in [4.78, 5) is 19.3. The number of carbonyl (C=O) groups excluding carboxylic acids is 1.